The van der Waals surface area contributed by atoms with Crippen LogP contribution in [0.5, 0.6) is 0 Å². The highest BCUT2D eigenvalue weighted by Crippen LogP contribution is 2.29. The highest BCUT2D eigenvalue weighted by Gasteiger charge is 2.37. The molecule has 0 saturated heterocycles. The summed E-state index contributed by atoms with van der Waals surface area (Å²) in [7, 11) is 5.48. The fourth-order valence-electron chi connectivity index (χ4n) is 5.09. The van der Waals surface area contributed by atoms with Gasteiger partial charge in [0, 0.05) is 60.6 Å². The van der Waals surface area contributed by atoms with Crippen LogP contribution in [0.25, 0.3) is 10.8 Å². The summed E-state index contributed by atoms with van der Waals surface area (Å²) in [6, 6.07) is 6.38. The molecule has 1 fully saturated rings. The van der Waals surface area contributed by atoms with Gasteiger partial charge in [0.15, 0.2) is 5.01 Å². The average Bonchev–Trinajstić information content (AvgIpc) is 3.41. The summed E-state index contributed by atoms with van der Waals surface area (Å²) in [5.74, 6) is -0.804. The van der Waals surface area contributed by atoms with Crippen molar-refractivity contribution >= 4 is 51.4 Å². The summed E-state index contributed by atoms with van der Waals surface area (Å²) in [6.45, 7) is 1.51. The first-order valence-corrected chi connectivity index (χ1v) is 13.4. The Bertz CT molecular complexity index is 1350. The van der Waals surface area contributed by atoms with Crippen molar-refractivity contribution in [1.29, 1.82) is 0 Å². The molecule has 3 atom stereocenters. The van der Waals surface area contributed by atoms with E-state index in [-0.39, 0.29) is 35.4 Å². The van der Waals surface area contributed by atoms with Crippen LogP contribution in [0.15, 0.2) is 30.5 Å². The molecule has 1 aliphatic carbocycles. The van der Waals surface area contributed by atoms with Gasteiger partial charge in [-0.2, -0.15) is 0 Å². The number of benzene rings is 1. The molecule has 0 radical (unpaired) electrons. The lowest BCUT2D eigenvalue weighted by Gasteiger charge is -2.37. The summed E-state index contributed by atoms with van der Waals surface area (Å²) < 4.78 is 0. The number of halogens is 1. The Labute approximate surface area is 224 Å². The van der Waals surface area contributed by atoms with Crippen molar-refractivity contribution in [2.75, 3.05) is 21.1 Å². The van der Waals surface area contributed by atoms with Gasteiger partial charge in [0.1, 0.15) is 5.69 Å². The highest BCUT2D eigenvalue weighted by atomic mass is 35.5. The number of fused-ring (bicyclic) bond motifs is 2. The molecular weight excluding hydrogens is 512 g/mol. The first-order valence-electron chi connectivity index (χ1n) is 12.2. The van der Waals surface area contributed by atoms with Gasteiger partial charge in [0.25, 0.3) is 11.8 Å². The normalized spacial score (nSPS) is 21.5. The zero-order valence-electron chi connectivity index (χ0n) is 21.0. The number of nitrogens with one attached hydrogen (secondary N) is 2. The van der Waals surface area contributed by atoms with E-state index in [1.54, 1.807) is 43.4 Å². The molecule has 0 bridgehead atoms. The second kappa shape index (κ2) is 10.4. The van der Waals surface area contributed by atoms with E-state index >= 15 is 0 Å². The van der Waals surface area contributed by atoms with E-state index in [0.717, 1.165) is 34.4 Å². The third-order valence-corrected chi connectivity index (χ3v) is 8.31. The molecule has 2 aromatic heterocycles. The van der Waals surface area contributed by atoms with Crippen LogP contribution in [0.3, 0.4) is 0 Å². The van der Waals surface area contributed by atoms with Crippen molar-refractivity contribution in [3.05, 3.63) is 56.8 Å². The van der Waals surface area contributed by atoms with Crippen molar-refractivity contribution in [2.45, 2.75) is 44.4 Å². The zero-order chi connectivity index (χ0) is 26.3. The van der Waals surface area contributed by atoms with Crippen LogP contribution in [0, 0.1) is 5.92 Å². The number of aromatic nitrogens is 2. The van der Waals surface area contributed by atoms with Crippen LogP contribution < -0.4 is 10.6 Å². The third-order valence-electron chi connectivity index (χ3n) is 7.00. The fraction of sp³-hybridized carbons (Fsp3) is 0.423. The standard InChI is InChI=1S/C26H29ClN6O3S/c1-32(2)26(36)15-5-7-18(29-23(34)20-9-14-4-6-17(27)8-16(14)11-28-20)19(10-15)30-24(35)25-31-21-12-33(3)13-22(21)37-25/h4,6,8-9,11,15,18-19H,5,7,10,12-13H2,1-3H3,(H,29,34)(H,30,35)/t15-,18-,19+/m0/s1. The molecule has 194 valence electrons. The van der Waals surface area contributed by atoms with Crippen molar-refractivity contribution in [1.82, 2.24) is 30.4 Å². The summed E-state index contributed by atoms with van der Waals surface area (Å²) >= 11 is 7.46. The Morgan fingerprint density at radius 2 is 1.84 bits per heavy atom. The van der Waals surface area contributed by atoms with E-state index in [2.05, 4.69) is 25.5 Å². The van der Waals surface area contributed by atoms with Crippen molar-refractivity contribution in [3.63, 3.8) is 0 Å². The fourth-order valence-corrected chi connectivity index (χ4v) is 6.32. The first kappa shape index (κ1) is 25.6. The van der Waals surface area contributed by atoms with Gasteiger partial charge in [-0.05, 0) is 49.9 Å². The number of rotatable bonds is 5. The van der Waals surface area contributed by atoms with Gasteiger partial charge in [-0.15, -0.1) is 11.3 Å². The molecule has 5 rings (SSSR count). The number of amides is 3. The predicted octanol–water partition coefficient (Wildman–Crippen LogP) is 3.08. The molecule has 3 amide bonds. The lowest BCUT2D eigenvalue weighted by molar-refractivity contribution is -0.134. The molecule has 3 heterocycles. The van der Waals surface area contributed by atoms with Crippen molar-refractivity contribution in [3.8, 4) is 0 Å². The van der Waals surface area contributed by atoms with Crippen LogP contribution >= 0.6 is 22.9 Å². The van der Waals surface area contributed by atoms with Gasteiger partial charge >= 0.3 is 0 Å². The molecule has 1 aliphatic heterocycles. The van der Waals surface area contributed by atoms with Gasteiger partial charge in [0.05, 0.1) is 11.7 Å². The maximum absolute atomic E-state index is 13.2. The first-order chi connectivity index (χ1) is 17.7. The van der Waals surface area contributed by atoms with E-state index < -0.39 is 6.04 Å². The van der Waals surface area contributed by atoms with Crippen LogP contribution in [-0.4, -0.2) is 70.7 Å². The summed E-state index contributed by atoms with van der Waals surface area (Å²) in [5.41, 5.74) is 1.22. The molecular formula is C26H29ClN6O3S. The quantitative estimate of drug-likeness (QED) is 0.515. The molecule has 0 spiro atoms. The van der Waals surface area contributed by atoms with Gasteiger partial charge in [-0.25, -0.2) is 4.98 Å². The minimum Gasteiger partial charge on any atom is -0.349 e. The minimum atomic E-state index is -0.417. The molecule has 1 aromatic carbocycles. The summed E-state index contributed by atoms with van der Waals surface area (Å²) in [5, 5.41) is 8.86. The predicted molar refractivity (Wildman–Crippen MR) is 143 cm³/mol. The van der Waals surface area contributed by atoms with E-state index in [1.165, 1.54) is 11.3 Å². The Hall–Kier alpha value is -3.08. The van der Waals surface area contributed by atoms with Crippen LogP contribution in [0.1, 0.15) is 50.1 Å². The maximum Gasteiger partial charge on any atom is 0.280 e. The van der Waals surface area contributed by atoms with Gasteiger partial charge < -0.3 is 15.5 Å². The summed E-state index contributed by atoms with van der Waals surface area (Å²) in [6.07, 6.45) is 3.24. The lowest BCUT2D eigenvalue weighted by Crippen LogP contribution is -2.56. The molecule has 9 nitrogen and oxygen atoms in total. The smallest absolute Gasteiger partial charge is 0.280 e. The SMILES string of the molecule is CN1Cc2nc(C(=O)N[C@@H]3C[C@@H](C(=O)N(C)C)CC[C@@H]3NC(=O)c3cc4ccc(Cl)cc4cn3)sc2C1. The molecule has 2 N–H and O–H groups in total. The van der Waals surface area contributed by atoms with E-state index in [4.69, 9.17) is 11.6 Å². The second-order valence-corrected chi connectivity index (χ2v) is 11.5. The van der Waals surface area contributed by atoms with Crippen LogP contribution in [0.2, 0.25) is 5.02 Å². The third kappa shape index (κ3) is 5.46. The number of carbonyl (C=O) groups is 3. The molecule has 2 aliphatic rings. The summed E-state index contributed by atoms with van der Waals surface area (Å²) in [4.78, 5) is 52.8. The lowest BCUT2D eigenvalue weighted by atomic mass is 9.81. The van der Waals surface area contributed by atoms with Gasteiger partial charge in [-0.3, -0.25) is 24.3 Å². The van der Waals surface area contributed by atoms with Crippen molar-refractivity contribution < 1.29 is 14.4 Å². The number of nitrogens with zero attached hydrogens (tertiary/aromatic N) is 4. The number of pyridine rings is 1. The highest BCUT2D eigenvalue weighted by molar-refractivity contribution is 7.13. The van der Waals surface area contributed by atoms with Crippen LogP contribution in [-0.2, 0) is 17.9 Å². The molecule has 11 heteroatoms. The van der Waals surface area contributed by atoms with E-state index in [0.29, 0.717) is 29.3 Å². The number of hydrogen-bond acceptors (Lipinski definition) is 7. The van der Waals surface area contributed by atoms with Gasteiger partial charge in [-0.1, -0.05) is 17.7 Å². The molecule has 37 heavy (non-hydrogen) atoms. The monoisotopic (exact) mass is 540 g/mol. The molecule has 3 aromatic rings. The number of hydrogen-bond donors (Lipinski definition) is 2. The molecule has 0 unspecified atom stereocenters. The topological polar surface area (TPSA) is 108 Å². The zero-order valence-corrected chi connectivity index (χ0v) is 22.5. The molecule has 1 saturated carbocycles. The minimum absolute atomic E-state index is 0.0233. The van der Waals surface area contributed by atoms with Crippen LogP contribution in [0.4, 0.5) is 0 Å². The number of thiazole rings is 1. The van der Waals surface area contributed by atoms with Gasteiger partial charge in [0.2, 0.25) is 5.91 Å². The Morgan fingerprint density at radius 1 is 1.05 bits per heavy atom. The average molecular weight is 541 g/mol. The van der Waals surface area contributed by atoms with E-state index in [9.17, 15) is 14.4 Å². The Kier molecular flexibility index (Phi) is 7.15. The maximum atomic E-state index is 13.2. The number of carbonyl (C=O) groups excluding carboxylic acids is 3. The Balaban J connectivity index is 1.33. The van der Waals surface area contributed by atoms with E-state index in [1.807, 2.05) is 13.1 Å². The largest absolute Gasteiger partial charge is 0.349 e. The van der Waals surface area contributed by atoms with Crippen molar-refractivity contribution in [2.24, 2.45) is 5.92 Å². The second-order valence-electron chi connectivity index (χ2n) is 10.0. The Morgan fingerprint density at radius 3 is 2.59 bits per heavy atom.